The van der Waals surface area contributed by atoms with E-state index in [2.05, 4.69) is 10.6 Å². The largest absolute Gasteiger partial charge is 0.322 e. The lowest BCUT2D eigenvalue weighted by Gasteiger charge is -2.17. The Labute approximate surface area is 216 Å². The van der Waals surface area contributed by atoms with Crippen molar-refractivity contribution in [2.45, 2.75) is 18.4 Å². The molecule has 0 aliphatic carbocycles. The number of rotatable bonds is 8. The number of hydrogen-bond donors (Lipinski definition) is 2. The molecule has 0 aromatic heterocycles. The molecule has 0 bridgehead atoms. The number of sulfonamides is 1. The van der Waals surface area contributed by atoms with Crippen molar-refractivity contribution in [3.8, 4) is 0 Å². The maximum Gasteiger partial charge on any atom is 0.255 e. The summed E-state index contributed by atoms with van der Waals surface area (Å²) in [6.07, 6.45) is 0. The second kappa shape index (κ2) is 11.2. The number of amides is 2. The first-order chi connectivity index (χ1) is 17.7. The molecule has 0 spiro atoms. The molecule has 188 valence electrons. The molecule has 4 rings (SSSR count). The lowest BCUT2D eigenvalue weighted by atomic mass is 10.1. The second-order valence-corrected chi connectivity index (χ2v) is 10.6. The Bertz CT molecular complexity index is 1500. The summed E-state index contributed by atoms with van der Waals surface area (Å²) in [4.78, 5) is 25.5. The van der Waals surface area contributed by atoms with Crippen LogP contribution < -0.4 is 10.6 Å². The number of hydrogen-bond acceptors (Lipinski definition) is 4. The summed E-state index contributed by atoms with van der Waals surface area (Å²) in [5.41, 5.74) is 3.55. The first kappa shape index (κ1) is 25.8. The Morgan fingerprint density at radius 1 is 0.730 bits per heavy atom. The van der Waals surface area contributed by atoms with E-state index in [1.54, 1.807) is 54.6 Å². The summed E-state index contributed by atoms with van der Waals surface area (Å²) in [7, 11) is -2.17. The van der Waals surface area contributed by atoms with Crippen LogP contribution in [0, 0.1) is 6.92 Å². The maximum atomic E-state index is 13.0. The average molecular weight is 514 g/mol. The molecule has 0 heterocycles. The topological polar surface area (TPSA) is 95.6 Å². The molecule has 0 radical (unpaired) electrons. The molecule has 0 unspecified atom stereocenters. The minimum absolute atomic E-state index is 0.130. The molecule has 2 amide bonds. The predicted molar refractivity (Wildman–Crippen MR) is 145 cm³/mol. The number of carbonyl (C=O) groups excluding carboxylic acids is 2. The van der Waals surface area contributed by atoms with Crippen molar-refractivity contribution in [2.24, 2.45) is 0 Å². The van der Waals surface area contributed by atoms with Crippen molar-refractivity contribution < 1.29 is 18.0 Å². The third kappa shape index (κ3) is 6.30. The summed E-state index contributed by atoms with van der Waals surface area (Å²) in [6, 6.07) is 29.2. The molecule has 0 fully saturated rings. The van der Waals surface area contributed by atoms with Crippen LogP contribution in [0.15, 0.2) is 108 Å². The molecule has 8 heteroatoms. The van der Waals surface area contributed by atoms with Crippen molar-refractivity contribution in [1.82, 2.24) is 4.31 Å². The van der Waals surface area contributed by atoms with Gasteiger partial charge in [-0.2, -0.15) is 4.31 Å². The Hall–Kier alpha value is -4.27. The van der Waals surface area contributed by atoms with Gasteiger partial charge in [0.1, 0.15) is 0 Å². The minimum atomic E-state index is -3.70. The van der Waals surface area contributed by atoms with Crippen LogP contribution in [0.2, 0.25) is 0 Å². The highest BCUT2D eigenvalue weighted by molar-refractivity contribution is 7.89. The first-order valence-corrected chi connectivity index (χ1v) is 13.1. The van der Waals surface area contributed by atoms with Gasteiger partial charge < -0.3 is 10.6 Å². The number of nitrogens with one attached hydrogen (secondary N) is 2. The van der Waals surface area contributed by atoms with E-state index in [1.807, 2.05) is 43.3 Å². The molecule has 4 aromatic carbocycles. The predicted octanol–water partition coefficient (Wildman–Crippen LogP) is 5.32. The summed E-state index contributed by atoms with van der Waals surface area (Å²) in [6.45, 7) is 2.09. The van der Waals surface area contributed by atoms with Crippen LogP contribution >= 0.6 is 0 Å². The van der Waals surface area contributed by atoms with Crippen LogP contribution in [0.5, 0.6) is 0 Å². The van der Waals surface area contributed by atoms with E-state index in [-0.39, 0.29) is 23.3 Å². The van der Waals surface area contributed by atoms with Crippen molar-refractivity contribution in [2.75, 3.05) is 17.7 Å². The minimum Gasteiger partial charge on any atom is -0.322 e. The standard InChI is InChI=1S/C29H27N3O4S/c1-21-13-14-24(19-27(21)31-28(33)23-11-7-4-8-12-23)29(34)30-25-15-17-26(18-16-25)37(35,36)32(2)20-22-9-5-3-6-10-22/h3-19H,20H2,1-2H3,(H,30,34)(H,31,33). The van der Waals surface area contributed by atoms with Gasteiger partial charge in [0.05, 0.1) is 4.90 Å². The SMILES string of the molecule is Cc1ccc(C(=O)Nc2ccc(S(=O)(=O)N(C)Cc3ccccc3)cc2)cc1NC(=O)c1ccccc1. The van der Waals surface area contributed by atoms with Crippen molar-refractivity contribution in [3.63, 3.8) is 0 Å². The Kier molecular flexibility index (Phi) is 7.81. The summed E-state index contributed by atoms with van der Waals surface area (Å²) < 4.78 is 27.2. The van der Waals surface area contributed by atoms with Gasteiger partial charge in [0.15, 0.2) is 0 Å². The molecular weight excluding hydrogens is 486 g/mol. The fourth-order valence-electron chi connectivity index (χ4n) is 3.70. The molecule has 0 aliphatic rings. The van der Waals surface area contributed by atoms with Gasteiger partial charge in [0.25, 0.3) is 11.8 Å². The van der Waals surface area contributed by atoms with Gasteiger partial charge in [-0.15, -0.1) is 0 Å². The second-order valence-electron chi connectivity index (χ2n) is 8.58. The smallest absolute Gasteiger partial charge is 0.255 e. The average Bonchev–Trinajstić information content (AvgIpc) is 2.91. The van der Waals surface area contributed by atoms with Gasteiger partial charge in [0, 0.05) is 36.1 Å². The van der Waals surface area contributed by atoms with Gasteiger partial charge in [-0.3, -0.25) is 9.59 Å². The highest BCUT2D eigenvalue weighted by Gasteiger charge is 2.21. The van der Waals surface area contributed by atoms with Gasteiger partial charge in [0.2, 0.25) is 10.0 Å². The van der Waals surface area contributed by atoms with E-state index in [4.69, 9.17) is 0 Å². The highest BCUT2D eigenvalue weighted by atomic mass is 32.2. The summed E-state index contributed by atoms with van der Waals surface area (Å²) in [5, 5.41) is 5.62. The number of aryl methyl sites for hydroxylation is 1. The number of benzene rings is 4. The van der Waals surface area contributed by atoms with Crippen molar-refractivity contribution >= 4 is 33.2 Å². The normalized spacial score (nSPS) is 11.2. The number of carbonyl (C=O) groups is 2. The molecule has 0 saturated carbocycles. The molecule has 7 nitrogen and oxygen atoms in total. The summed E-state index contributed by atoms with van der Waals surface area (Å²) >= 11 is 0. The van der Waals surface area contributed by atoms with Crippen molar-refractivity contribution in [1.29, 1.82) is 0 Å². The van der Waals surface area contributed by atoms with E-state index < -0.39 is 10.0 Å². The molecule has 4 aromatic rings. The van der Waals surface area contributed by atoms with E-state index in [9.17, 15) is 18.0 Å². The van der Waals surface area contributed by atoms with Crippen LogP contribution in [0.3, 0.4) is 0 Å². The zero-order chi connectivity index (χ0) is 26.4. The molecule has 0 saturated heterocycles. The lowest BCUT2D eigenvalue weighted by Crippen LogP contribution is -2.26. The van der Waals surface area contributed by atoms with Gasteiger partial charge in [-0.05, 0) is 66.6 Å². The zero-order valence-corrected chi connectivity index (χ0v) is 21.3. The van der Waals surface area contributed by atoms with Crippen LogP contribution in [0.4, 0.5) is 11.4 Å². The van der Waals surface area contributed by atoms with Gasteiger partial charge >= 0.3 is 0 Å². The van der Waals surface area contributed by atoms with E-state index in [0.29, 0.717) is 22.5 Å². The Morgan fingerprint density at radius 3 is 1.97 bits per heavy atom. The third-order valence-corrected chi connectivity index (χ3v) is 7.67. The summed E-state index contributed by atoms with van der Waals surface area (Å²) in [5.74, 6) is -0.651. The monoisotopic (exact) mass is 513 g/mol. The van der Waals surface area contributed by atoms with Crippen LogP contribution in [0.1, 0.15) is 31.8 Å². The fourth-order valence-corrected chi connectivity index (χ4v) is 4.86. The Balaban J connectivity index is 1.44. The third-order valence-electron chi connectivity index (χ3n) is 5.85. The number of anilines is 2. The van der Waals surface area contributed by atoms with Crippen molar-refractivity contribution in [3.05, 3.63) is 125 Å². The van der Waals surface area contributed by atoms with E-state index in [1.165, 1.54) is 23.5 Å². The first-order valence-electron chi connectivity index (χ1n) is 11.6. The van der Waals surface area contributed by atoms with E-state index >= 15 is 0 Å². The zero-order valence-electron chi connectivity index (χ0n) is 20.5. The van der Waals surface area contributed by atoms with Gasteiger partial charge in [-0.1, -0.05) is 54.6 Å². The van der Waals surface area contributed by atoms with E-state index in [0.717, 1.165) is 11.1 Å². The van der Waals surface area contributed by atoms with Crippen LogP contribution in [0.25, 0.3) is 0 Å². The van der Waals surface area contributed by atoms with Crippen LogP contribution in [-0.4, -0.2) is 31.6 Å². The molecule has 0 aliphatic heterocycles. The number of nitrogens with zero attached hydrogens (tertiary/aromatic N) is 1. The molecule has 0 atom stereocenters. The molecule has 37 heavy (non-hydrogen) atoms. The van der Waals surface area contributed by atoms with Crippen LogP contribution in [-0.2, 0) is 16.6 Å². The Morgan fingerprint density at radius 2 is 1.32 bits per heavy atom. The molecule has 2 N–H and O–H groups in total. The van der Waals surface area contributed by atoms with Gasteiger partial charge in [-0.25, -0.2) is 8.42 Å². The maximum absolute atomic E-state index is 13.0. The molecular formula is C29H27N3O4S. The lowest BCUT2D eigenvalue weighted by molar-refractivity contribution is 0.101. The quantitative estimate of drug-likeness (QED) is 0.333. The highest BCUT2D eigenvalue weighted by Crippen LogP contribution is 2.22. The fraction of sp³-hybridized carbons (Fsp3) is 0.103.